The van der Waals surface area contributed by atoms with E-state index in [1.54, 1.807) is 6.08 Å². The lowest BCUT2D eigenvalue weighted by atomic mass is 9.95. The van der Waals surface area contributed by atoms with Crippen molar-refractivity contribution in [1.82, 2.24) is 9.80 Å². The van der Waals surface area contributed by atoms with Crippen molar-refractivity contribution in [3.8, 4) is 0 Å². The molecule has 1 aliphatic carbocycles. The molecule has 0 aromatic rings. The van der Waals surface area contributed by atoms with E-state index in [1.165, 1.54) is 6.21 Å². The summed E-state index contributed by atoms with van der Waals surface area (Å²) in [4.78, 5) is 4.27. The van der Waals surface area contributed by atoms with Crippen molar-refractivity contribution in [2.75, 3.05) is 26.2 Å². The number of hydrogen-bond acceptors (Lipinski definition) is 6. The van der Waals surface area contributed by atoms with Crippen LogP contribution in [0.1, 0.15) is 6.92 Å². The molecule has 1 atom stereocenters. The molecule has 7 nitrogen and oxygen atoms in total. The molecular formula is C16H23N7S. The molecule has 2 rings (SSSR count). The molecule has 1 unspecified atom stereocenters. The molecule has 0 radical (unpaired) electrons. The largest absolute Gasteiger partial charge is 0.378 e. The van der Waals surface area contributed by atoms with Gasteiger partial charge in [-0.3, -0.25) is 15.7 Å². The van der Waals surface area contributed by atoms with Crippen molar-refractivity contribution in [2.45, 2.75) is 13.0 Å². The van der Waals surface area contributed by atoms with Gasteiger partial charge in [0.15, 0.2) is 10.3 Å². The van der Waals surface area contributed by atoms with E-state index in [4.69, 9.17) is 27.4 Å². The molecule has 0 aromatic heterocycles. The average molecular weight is 345 g/mol. The van der Waals surface area contributed by atoms with Crippen LogP contribution in [0.25, 0.3) is 0 Å². The van der Waals surface area contributed by atoms with Crippen LogP contribution in [0.4, 0.5) is 0 Å². The van der Waals surface area contributed by atoms with E-state index in [1.807, 2.05) is 23.1 Å². The summed E-state index contributed by atoms with van der Waals surface area (Å²) < 4.78 is 0. The minimum atomic E-state index is -0.0550. The Kier molecular flexibility index (Phi) is 6.10. The first-order chi connectivity index (χ1) is 11.4. The number of rotatable bonds is 3. The van der Waals surface area contributed by atoms with E-state index in [0.29, 0.717) is 10.9 Å². The van der Waals surface area contributed by atoms with Gasteiger partial charge in [-0.1, -0.05) is 12.2 Å². The molecule has 24 heavy (non-hydrogen) atoms. The number of nitrogens with one attached hydrogen (secondary N) is 4. The Morgan fingerprint density at radius 2 is 1.92 bits per heavy atom. The maximum Gasteiger partial charge on any atom is 0.164 e. The third kappa shape index (κ3) is 4.42. The second-order valence-electron chi connectivity index (χ2n) is 5.65. The normalized spacial score (nSPS) is 21.5. The van der Waals surface area contributed by atoms with Gasteiger partial charge < -0.3 is 21.5 Å². The van der Waals surface area contributed by atoms with Gasteiger partial charge in [0.25, 0.3) is 0 Å². The van der Waals surface area contributed by atoms with E-state index in [9.17, 15) is 0 Å². The monoisotopic (exact) mass is 345 g/mol. The molecule has 0 amide bonds. The van der Waals surface area contributed by atoms with Gasteiger partial charge in [-0.15, -0.1) is 0 Å². The van der Waals surface area contributed by atoms with Gasteiger partial charge >= 0.3 is 0 Å². The lowest BCUT2D eigenvalue weighted by molar-refractivity contribution is 0.159. The van der Waals surface area contributed by atoms with E-state index in [0.717, 1.165) is 49.1 Å². The molecule has 6 N–H and O–H groups in total. The Balaban J connectivity index is 1.94. The first-order valence-corrected chi connectivity index (χ1v) is 8.52. The maximum absolute atomic E-state index is 8.05. The SMILES string of the molecule is CC(C1=CC(=N)/C(=C\C=N)C=C1)N1CCN(C(=N)SC(=N)N)CC1. The molecule has 8 heteroatoms. The van der Waals surface area contributed by atoms with Crippen molar-refractivity contribution in [1.29, 1.82) is 21.6 Å². The number of allylic oxidation sites excluding steroid dienone is 4. The minimum absolute atomic E-state index is 0.0550. The number of nitrogens with zero attached hydrogens (tertiary/aromatic N) is 2. The van der Waals surface area contributed by atoms with Crippen molar-refractivity contribution in [3.63, 3.8) is 0 Å². The van der Waals surface area contributed by atoms with Gasteiger partial charge in [0.2, 0.25) is 0 Å². The Morgan fingerprint density at radius 1 is 1.25 bits per heavy atom. The third-order valence-corrected chi connectivity index (χ3v) is 4.85. The quantitative estimate of drug-likeness (QED) is 0.393. The predicted molar refractivity (Wildman–Crippen MR) is 102 cm³/mol. The number of piperazine rings is 1. The maximum atomic E-state index is 8.05. The summed E-state index contributed by atoms with van der Waals surface area (Å²) in [7, 11) is 0. The zero-order valence-corrected chi connectivity index (χ0v) is 14.5. The third-order valence-electron chi connectivity index (χ3n) is 4.18. The molecule has 1 saturated heterocycles. The summed E-state index contributed by atoms with van der Waals surface area (Å²) in [6.45, 7) is 5.24. The van der Waals surface area contributed by atoms with Crippen LogP contribution < -0.4 is 5.73 Å². The number of nitrogens with two attached hydrogens (primary N) is 1. The Labute approximate surface area is 146 Å². The second-order valence-corrected chi connectivity index (χ2v) is 6.68. The summed E-state index contributed by atoms with van der Waals surface area (Å²) >= 11 is 0.980. The van der Waals surface area contributed by atoms with Gasteiger partial charge in [-0.2, -0.15) is 0 Å². The summed E-state index contributed by atoms with van der Waals surface area (Å²) in [6.07, 6.45) is 8.57. The molecule has 1 aliphatic heterocycles. The van der Waals surface area contributed by atoms with Crippen LogP contribution in [0.15, 0.2) is 35.5 Å². The Morgan fingerprint density at radius 3 is 2.46 bits per heavy atom. The fourth-order valence-electron chi connectivity index (χ4n) is 2.76. The fourth-order valence-corrected chi connectivity index (χ4v) is 3.28. The topological polar surface area (TPSA) is 128 Å². The van der Waals surface area contributed by atoms with Gasteiger partial charge in [-0.05, 0) is 36.4 Å². The summed E-state index contributed by atoms with van der Waals surface area (Å²) in [6, 6.07) is 0.194. The second kappa shape index (κ2) is 8.07. The Hall–Kier alpha value is -2.19. The highest BCUT2D eigenvalue weighted by molar-refractivity contribution is 8.26. The standard InChI is InChI=1S/C16H23N7S/c1-11(13-3-2-12(4-5-17)14(18)10-13)22-6-8-23(9-7-22)16(21)24-15(19)20/h2-5,10-11,17-18,21H,6-9H2,1H3,(H3,19,20)/b12-4-,17-5?,18-14?,21-16?. The van der Waals surface area contributed by atoms with Crippen molar-refractivity contribution < 1.29 is 0 Å². The molecule has 0 saturated carbocycles. The lowest BCUT2D eigenvalue weighted by Gasteiger charge is -2.39. The van der Waals surface area contributed by atoms with Crippen molar-refractivity contribution in [3.05, 3.63) is 35.5 Å². The molecule has 0 bridgehead atoms. The van der Waals surface area contributed by atoms with Gasteiger partial charge in [0.05, 0.1) is 5.71 Å². The van der Waals surface area contributed by atoms with Crippen LogP contribution in [-0.2, 0) is 0 Å². The van der Waals surface area contributed by atoms with Gasteiger partial charge in [0, 0.05) is 44.0 Å². The van der Waals surface area contributed by atoms with Crippen LogP contribution in [0, 0.1) is 21.6 Å². The molecule has 2 aliphatic rings. The smallest absolute Gasteiger partial charge is 0.164 e. The molecule has 0 spiro atoms. The summed E-state index contributed by atoms with van der Waals surface area (Å²) in [5.41, 5.74) is 7.60. The first kappa shape index (κ1) is 18.2. The van der Waals surface area contributed by atoms with Crippen LogP contribution >= 0.6 is 11.8 Å². The van der Waals surface area contributed by atoms with E-state index < -0.39 is 0 Å². The molecule has 1 fully saturated rings. The highest BCUT2D eigenvalue weighted by atomic mass is 32.2. The number of thioether (sulfide) groups is 1. The van der Waals surface area contributed by atoms with Crippen LogP contribution in [0.3, 0.4) is 0 Å². The molecule has 128 valence electrons. The summed E-state index contributed by atoms with van der Waals surface area (Å²) in [5.74, 6) is 0. The summed E-state index contributed by atoms with van der Waals surface area (Å²) in [5, 5.41) is 30.6. The molecule has 1 heterocycles. The molecular weight excluding hydrogens is 322 g/mol. The zero-order valence-electron chi connectivity index (χ0n) is 13.7. The highest BCUT2D eigenvalue weighted by Gasteiger charge is 2.25. The molecule has 0 aromatic carbocycles. The van der Waals surface area contributed by atoms with E-state index in [2.05, 4.69) is 11.8 Å². The van der Waals surface area contributed by atoms with Crippen molar-refractivity contribution >= 4 is 34.0 Å². The fraction of sp³-hybridized carbons (Fsp3) is 0.375. The average Bonchev–Trinajstić information content (AvgIpc) is 2.55. The lowest BCUT2D eigenvalue weighted by Crippen LogP contribution is -2.51. The minimum Gasteiger partial charge on any atom is -0.378 e. The zero-order chi connectivity index (χ0) is 17.7. The van der Waals surface area contributed by atoms with E-state index >= 15 is 0 Å². The van der Waals surface area contributed by atoms with Crippen LogP contribution in [-0.4, -0.2) is 64.3 Å². The van der Waals surface area contributed by atoms with E-state index in [-0.39, 0.29) is 11.2 Å². The van der Waals surface area contributed by atoms with Crippen LogP contribution in [0.5, 0.6) is 0 Å². The predicted octanol–water partition coefficient (Wildman–Crippen LogP) is 1.65. The van der Waals surface area contributed by atoms with Crippen LogP contribution in [0.2, 0.25) is 0 Å². The first-order valence-electron chi connectivity index (χ1n) is 7.71. The Bertz CT molecular complexity index is 639. The highest BCUT2D eigenvalue weighted by Crippen LogP contribution is 2.21. The van der Waals surface area contributed by atoms with Gasteiger partial charge in [-0.25, -0.2) is 0 Å². The van der Waals surface area contributed by atoms with Gasteiger partial charge in [0.1, 0.15) is 0 Å². The van der Waals surface area contributed by atoms with Crippen molar-refractivity contribution in [2.24, 2.45) is 5.73 Å². The number of amidine groups is 2. The number of hydrogen-bond donors (Lipinski definition) is 5.